The van der Waals surface area contributed by atoms with Crippen molar-refractivity contribution in [2.24, 2.45) is 0 Å². The van der Waals surface area contributed by atoms with Crippen molar-refractivity contribution in [3.05, 3.63) is 23.0 Å². The van der Waals surface area contributed by atoms with Crippen LogP contribution in [-0.2, 0) is 12.8 Å². The smallest absolute Gasteiger partial charge is 0.194 e. The Morgan fingerprint density at radius 3 is 3.25 bits per heavy atom. The first-order valence-electron chi connectivity index (χ1n) is 4.39. The molecule has 1 aliphatic rings. The second-order valence-corrected chi connectivity index (χ2v) is 4.32. The van der Waals surface area contributed by atoms with Gasteiger partial charge in [-0.05, 0) is 25.7 Å². The average molecular weight is 178 g/mol. The number of hydrogen-bond donors (Lipinski definition) is 0. The molecule has 62 valence electrons. The van der Waals surface area contributed by atoms with Crippen LogP contribution in [0.5, 0.6) is 0 Å². The van der Waals surface area contributed by atoms with Crippen LogP contribution in [0.3, 0.4) is 0 Å². The summed E-state index contributed by atoms with van der Waals surface area (Å²) in [5.41, 5.74) is 1.51. The van der Waals surface area contributed by atoms with Crippen LogP contribution in [0.4, 0.5) is 0 Å². The summed E-state index contributed by atoms with van der Waals surface area (Å²) in [6, 6.07) is 0. The van der Waals surface area contributed by atoms with Gasteiger partial charge in [0.1, 0.15) is 0 Å². The minimum atomic E-state index is 1.17. The van der Waals surface area contributed by atoms with Crippen LogP contribution >= 0.6 is 11.3 Å². The molecule has 0 saturated carbocycles. The number of hydrogen-bond acceptors (Lipinski definition) is 2. The summed E-state index contributed by atoms with van der Waals surface area (Å²) in [6.45, 7) is 0. The number of fused-ring (bicyclic) bond motifs is 3. The van der Waals surface area contributed by atoms with Gasteiger partial charge in [-0.15, -0.1) is 11.3 Å². The maximum absolute atomic E-state index is 4.31. The Morgan fingerprint density at radius 2 is 2.25 bits per heavy atom. The van der Waals surface area contributed by atoms with E-state index in [2.05, 4.69) is 15.6 Å². The number of aryl methyl sites for hydroxylation is 2. The molecular formula is C9H10N2S. The van der Waals surface area contributed by atoms with Crippen molar-refractivity contribution >= 4 is 16.3 Å². The highest BCUT2D eigenvalue weighted by molar-refractivity contribution is 7.17. The predicted molar refractivity (Wildman–Crippen MR) is 49.7 cm³/mol. The Bertz CT molecular complexity index is 413. The van der Waals surface area contributed by atoms with Crippen molar-refractivity contribution < 1.29 is 0 Å². The zero-order valence-electron chi connectivity index (χ0n) is 6.79. The lowest BCUT2D eigenvalue weighted by Crippen LogP contribution is -2.01. The summed E-state index contributed by atoms with van der Waals surface area (Å²) in [4.78, 5) is 7.03. The van der Waals surface area contributed by atoms with Gasteiger partial charge in [0.2, 0.25) is 0 Å². The van der Waals surface area contributed by atoms with Gasteiger partial charge in [-0.2, -0.15) is 0 Å². The lowest BCUT2D eigenvalue weighted by atomic mass is 10.0. The topological polar surface area (TPSA) is 17.3 Å². The Balaban J connectivity index is 2.34. The maximum atomic E-state index is 4.31. The van der Waals surface area contributed by atoms with Crippen LogP contribution in [0.1, 0.15) is 23.4 Å². The van der Waals surface area contributed by atoms with E-state index >= 15 is 0 Å². The largest absolute Gasteiger partial charge is 0.294 e. The van der Waals surface area contributed by atoms with Crippen LogP contribution in [0.25, 0.3) is 4.96 Å². The monoisotopic (exact) mass is 178 g/mol. The van der Waals surface area contributed by atoms with Gasteiger partial charge in [-0.3, -0.25) is 4.40 Å². The minimum Gasteiger partial charge on any atom is -0.294 e. The number of rotatable bonds is 0. The summed E-state index contributed by atoms with van der Waals surface area (Å²) >= 11 is 1.86. The van der Waals surface area contributed by atoms with Gasteiger partial charge in [0.25, 0.3) is 0 Å². The van der Waals surface area contributed by atoms with E-state index in [4.69, 9.17) is 0 Å². The maximum Gasteiger partial charge on any atom is 0.194 e. The van der Waals surface area contributed by atoms with Crippen LogP contribution in [-0.4, -0.2) is 9.38 Å². The number of nitrogens with zero attached hydrogens (tertiary/aromatic N) is 2. The lowest BCUT2D eigenvalue weighted by Gasteiger charge is -2.09. The van der Waals surface area contributed by atoms with Crippen molar-refractivity contribution in [3.8, 4) is 0 Å². The molecule has 0 radical (unpaired) electrons. The van der Waals surface area contributed by atoms with Gasteiger partial charge < -0.3 is 0 Å². The molecule has 2 heterocycles. The first kappa shape index (κ1) is 6.66. The highest BCUT2D eigenvalue weighted by atomic mass is 32.1. The molecule has 0 fully saturated rings. The molecule has 0 bridgehead atoms. The van der Waals surface area contributed by atoms with Crippen molar-refractivity contribution in [3.63, 3.8) is 0 Å². The second-order valence-electron chi connectivity index (χ2n) is 3.26. The second kappa shape index (κ2) is 2.33. The number of imidazole rings is 1. The first-order chi connectivity index (χ1) is 5.95. The molecule has 2 aromatic heterocycles. The third-order valence-electron chi connectivity index (χ3n) is 2.50. The van der Waals surface area contributed by atoms with Gasteiger partial charge in [-0.25, -0.2) is 4.98 Å². The van der Waals surface area contributed by atoms with E-state index in [9.17, 15) is 0 Å². The number of thiazole rings is 1. The van der Waals surface area contributed by atoms with E-state index in [0.29, 0.717) is 0 Å². The van der Waals surface area contributed by atoms with Gasteiger partial charge in [0.15, 0.2) is 4.96 Å². The lowest BCUT2D eigenvalue weighted by molar-refractivity contribution is 0.674. The van der Waals surface area contributed by atoms with Crippen LogP contribution in [0.15, 0.2) is 12.4 Å². The molecule has 0 aliphatic heterocycles. The molecule has 0 amide bonds. The van der Waals surface area contributed by atoms with E-state index in [1.54, 1.807) is 4.88 Å². The summed E-state index contributed by atoms with van der Waals surface area (Å²) < 4.78 is 2.25. The van der Waals surface area contributed by atoms with Crippen molar-refractivity contribution in [1.82, 2.24) is 9.38 Å². The van der Waals surface area contributed by atoms with E-state index in [1.807, 2.05) is 17.5 Å². The Morgan fingerprint density at radius 1 is 1.33 bits per heavy atom. The van der Waals surface area contributed by atoms with Gasteiger partial charge in [0, 0.05) is 23.0 Å². The molecular weight excluding hydrogens is 168 g/mol. The zero-order chi connectivity index (χ0) is 7.97. The van der Waals surface area contributed by atoms with Crippen molar-refractivity contribution in [1.29, 1.82) is 0 Å². The highest BCUT2D eigenvalue weighted by Crippen LogP contribution is 2.28. The summed E-state index contributed by atoms with van der Waals surface area (Å²) in [7, 11) is 0. The molecule has 0 N–H and O–H groups in total. The van der Waals surface area contributed by atoms with Gasteiger partial charge in [-0.1, -0.05) is 0 Å². The minimum absolute atomic E-state index is 1.17. The fourth-order valence-electron chi connectivity index (χ4n) is 1.91. The molecule has 12 heavy (non-hydrogen) atoms. The van der Waals surface area contributed by atoms with Crippen LogP contribution in [0, 0.1) is 0 Å². The van der Waals surface area contributed by atoms with E-state index in [1.165, 1.54) is 36.3 Å². The normalized spacial score (nSPS) is 16.7. The Hall–Kier alpha value is -0.830. The number of aromatic nitrogens is 2. The quantitative estimate of drug-likeness (QED) is 0.605. The Kier molecular flexibility index (Phi) is 1.29. The fraction of sp³-hybridized carbons (Fsp3) is 0.444. The highest BCUT2D eigenvalue weighted by Gasteiger charge is 2.15. The van der Waals surface area contributed by atoms with Crippen molar-refractivity contribution in [2.45, 2.75) is 25.7 Å². The van der Waals surface area contributed by atoms with E-state index in [-0.39, 0.29) is 0 Å². The predicted octanol–water partition coefficient (Wildman–Crippen LogP) is 2.27. The molecule has 2 aromatic rings. The summed E-state index contributed by atoms with van der Waals surface area (Å²) in [5.74, 6) is 0. The molecule has 2 nitrogen and oxygen atoms in total. The molecule has 0 atom stereocenters. The average Bonchev–Trinajstić information content (AvgIpc) is 2.62. The van der Waals surface area contributed by atoms with E-state index < -0.39 is 0 Å². The third-order valence-corrected chi connectivity index (χ3v) is 3.67. The molecule has 0 unspecified atom stereocenters. The standard InChI is InChI=1S/C9H10N2S/c1-2-4-8-7(3-1)11-6-5-10-9(11)12-8/h5-6H,1-4H2. The van der Waals surface area contributed by atoms with E-state index in [0.717, 1.165) is 0 Å². The summed E-state index contributed by atoms with van der Waals surface area (Å²) in [6.07, 6.45) is 9.18. The molecule has 1 aliphatic carbocycles. The first-order valence-corrected chi connectivity index (χ1v) is 5.20. The molecule has 0 aromatic carbocycles. The van der Waals surface area contributed by atoms with Crippen molar-refractivity contribution in [2.75, 3.05) is 0 Å². The Labute approximate surface area is 74.9 Å². The van der Waals surface area contributed by atoms with Gasteiger partial charge >= 0.3 is 0 Å². The fourth-order valence-corrected chi connectivity index (χ4v) is 3.08. The zero-order valence-corrected chi connectivity index (χ0v) is 7.60. The molecule has 3 rings (SSSR count). The third kappa shape index (κ3) is 0.771. The van der Waals surface area contributed by atoms with Gasteiger partial charge in [0.05, 0.1) is 0 Å². The van der Waals surface area contributed by atoms with Crippen LogP contribution in [0.2, 0.25) is 0 Å². The molecule has 3 heteroatoms. The SMILES string of the molecule is c1cn2c3c(sc2n1)CCCC3. The van der Waals surface area contributed by atoms with Crippen LogP contribution < -0.4 is 0 Å². The molecule has 0 spiro atoms. The molecule has 0 saturated heterocycles. The summed E-state index contributed by atoms with van der Waals surface area (Å²) in [5, 5.41) is 0.